The van der Waals surface area contributed by atoms with Crippen LogP contribution in [0.25, 0.3) is 0 Å². The zero-order chi connectivity index (χ0) is 14.0. The topological polar surface area (TPSA) is 62.5 Å². The van der Waals surface area contributed by atoms with Gasteiger partial charge in [0.1, 0.15) is 5.69 Å². The zero-order valence-electron chi connectivity index (χ0n) is 11.8. The predicted octanol–water partition coefficient (Wildman–Crippen LogP) is 0.507. The van der Waals surface area contributed by atoms with Crippen molar-refractivity contribution in [3.8, 4) is 0 Å². The van der Waals surface area contributed by atoms with Gasteiger partial charge in [-0.1, -0.05) is 6.07 Å². The molecule has 0 bridgehead atoms. The van der Waals surface area contributed by atoms with Crippen LogP contribution in [-0.4, -0.2) is 52.9 Å². The highest BCUT2D eigenvalue weighted by Crippen LogP contribution is 2.21. The van der Waals surface area contributed by atoms with Crippen molar-refractivity contribution in [2.75, 3.05) is 26.7 Å². The van der Waals surface area contributed by atoms with Gasteiger partial charge in [0, 0.05) is 37.8 Å². The van der Waals surface area contributed by atoms with Crippen molar-refractivity contribution in [3.05, 3.63) is 29.6 Å². The summed E-state index contributed by atoms with van der Waals surface area (Å²) in [5.74, 6) is -0.528. The Morgan fingerprint density at radius 3 is 2.89 bits per heavy atom. The van der Waals surface area contributed by atoms with Gasteiger partial charge in [-0.05, 0) is 27.0 Å². The fourth-order valence-corrected chi connectivity index (χ4v) is 2.57. The van der Waals surface area contributed by atoms with E-state index in [2.05, 4.69) is 41.7 Å². The van der Waals surface area contributed by atoms with Crippen molar-refractivity contribution >= 4 is 5.91 Å². The largest absolute Gasteiger partial charge is 0.364 e. The summed E-state index contributed by atoms with van der Waals surface area (Å²) in [6.07, 6.45) is 0. The molecule has 1 amide bonds. The molecule has 1 aromatic heterocycles. The lowest BCUT2D eigenvalue weighted by molar-refractivity contribution is 0.0244. The first kappa shape index (κ1) is 14.0. The van der Waals surface area contributed by atoms with E-state index in [0.29, 0.717) is 0 Å². The molecular formula is C14H21N4O. The second-order valence-corrected chi connectivity index (χ2v) is 5.77. The van der Waals surface area contributed by atoms with Gasteiger partial charge in [-0.2, -0.15) is 0 Å². The Kier molecular flexibility index (Phi) is 3.87. The lowest BCUT2D eigenvalue weighted by Gasteiger charge is -2.46. The van der Waals surface area contributed by atoms with Crippen LogP contribution in [-0.2, 0) is 6.54 Å². The smallest absolute Gasteiger partial charge is 0.267 e. The first-order chi connectivity index (χ1) is 8.88. The fraction of sp³-hybridized carbons (Fsp3) is 0.571. The highest BCUT2D eigenvalue weighted by Gasteiger charge is 2.32. The van der Waals surface area contributed by atoms with E-state index in [0.717, 1.165) is 31.9 Å². The van der Waals surface area contributed by atoms with E-state index >= 15 is 0 Å². The number of primary amides is 1. The molecule has 1 aliphatic rings. The van der Waals surface area contributed by atoms with Crippen LogP contribution in [0.4, 0.5) is 0 Å². The first-order valence-corrected chi connectivity index (χ1v) is 6.49. The lowest BCUT2D eigenvalue weighted by Crippen LogP contribution is -2.57. The third kappa shape index (κ3) is 3.30. The fourth-order valence-electron chi connectivity index (χ4n) is 2.57. The maximum atomic E-state index is 11.1. The summed E-state index contributed by atoms with van der Waals surface area (Å²) in [4.78, 5) is 20.1. The molecule has 0 atom stereocenters. The van der Waals surface area contributed by atoms with Crippen LogP contribution >= 0.6 is 0 Å². The molecule has 2 rings (SSSR count). The van der Waals surface area contributed by atoms with Crippen molar-refractivity contribution in [2.45, 2.75) is 25.9 Å². The Balaban J connectivity index is 2.12. The number of carbonyl (C=O) groups is 1. The molecule has 2 heterocycles. The number of hydrogen-bond donors (Lipinski definition) is 1. The molecule has 103 valence electrons. The third-order valence-electron chi connectivity index (χ3n) is 3.60. The van der Waals surface area contributed by atoms with Crippen molar-refractivity contribution in [1.82, 2.24) is 14.8 Å². The second-order valence-electron chi connectivity index (χ2n) is 5.77. The van der Waals surface area contributed by atoms with E-state index < -0.39 is 5.91 Å². The van der Waals surface area contributed by atoms with Crippen LogP contribution in [0.15, 0.2) is 12.1 Å². The third-order valence-corrected chi connectivity index (χ3v) is 3.60. The van der Waals surface area contributed by atoms with E-state index in [9.17, 15) is 4.79 Å². The van der Waals surface area contributed by atoms with Gasteiger partial charge < -0.3 is 10.6 Å². The van der Waals surface area contributed by atoms with Crippen LogP contribution in [0.3, 0.4) is 0 Å². The number of nitrogens with zero attached hydrogens (tertiary/aromatic N) is 3. The van der Waals surface area contributed by atoms with Crippen molar-refractivity contribution in [1.29, 1.82) is 0 Å². The number of likely N-dealkylation sites (N-methyl/N-ethyl adjacent to an activating group) is 1. The molecule has 19 heavy (non-hydrogen) atoms. The Hall–Kier alpha value is -1.46. The lowest BCUT2D eigenvalue weighted by atomic mass is 9.99. The van der Waals surface area contributed by atoms with Crippen LogP contribution in [0.1, 0.15) is 30.0 Å². The number of hydrogen-bond acceptors (Lipinski definition) is 4. The number of carbonyl (C=O) groups excluding carboxylic acids is 1. The maximum Gasteiger partial charge on any atom is 0.267 e. The van der Waals surface area contributed by atoms with Gasteiger partial charge in [0.25, 0.3) is 5.91 Å². The molecule has 2 N–H and O–H groups in total. The standard InChI is InChI=1S/C14H21N4O/c1-14(2)10-17(3)7-8-18(14)9-11-5-4-6-12(16-11)13(15)19/h4-5H,7-10H2,1-3H3,(H2,15,19). The summed E-state index contributed by atoms with van der Waals surface area (Å²) in [6.45, 7) is 8.25. The minimum Gasteiger partial charge on any atom is -0.364 e. The molecule has 1 fully saturated rings. The number of piperazine rings is 1. The van der Waals surface area contributed by atoms with Crippen LogP contribution in [0, 0.1) is 6.07 Å². The summed E-state index contributed by atoms with van der Waals surface area (Å²) in [5.41, 5.74) is 6.41. The van der Waals surface area contributed by atoms with E-state index in [1.54, 1.807) is 6.07 Å². The summed E-state index contributed by atoms with van der Waals surface area (Å²) < 4.78 is 0. The van der Waals surface area contributed by atoms with E-state index in [1.807, 2.05) is 6.07 Å². The number of aromatic nitrogens is 1. The molecule has 0 aliphatic carbocycles. The van der Waals surface area contributed by atoms with Crippen LogP contribution < -0.4 is 5.73 Å². The minimum absolute atomic E-state index is 0.0983. The molecule has 1 radical (unpaired) electrons. The van der Waals surface area contributed by atoms with E-state index in [4.69, 9.17) is 5.73 Å². The van der Waals surface area contributed by atoms with Crippen molar-refractivity contribution < 1.29 is 4.79 Å². The summed E-state index contributed by atoms with van der Waals surface area (Å²) in [6, 6.07) is 6.36. The van der Waals surface area contributed by atoms with Gasteiger partial charge in [0.15, 0.2) is 0 Å². The van der Waals surface area contributed by atoms with Gasteiger partial charge in [0.2, 0.25) is 0 Å². The molecule has 5 nitrogen and oxygen atoms in total. The molecule has 0 spiro atoms. The minimum atomic E-state index is -0.528. The zero-order valence-corrected chi connectivity index (χ0v) is 11.8. The summed E-state index contributed by atoms with van der Waals surface area (Å²) in [7, 11) is 2.14. The first-order valence-electron chi connectivity index (χ1n) is 6.49. The maximum absolute atomic E-state index is 11.1. The number of rotatable bonds is 3. The quantitative estimate of drug-likeness (QED) is 0.861. The van der Waals surface area contributed by atoms with Gasteiger partial charge in [-0.25, -0.2) is 4.98 Å². The normalized spacial score (nSPS) is 20.4. The number of amides is 1. The Morgan fingerprint density at radius 2 is 2.26 bits per heavy atom. The monoisotopic (exact) mass is 261 g/mol. The molecule has 0 saturated carbocycles. The molecule has 0 unspecified atom stereocenters. The Morgan fingerprint density at radius 1 is 1.53 bits per heavy atom. The second kappa shape index (κ2) is 5.27. The van der Waals surface area contributed by atoms with Crippen LogP contribution in [0.5, 0.6) is 0 Å². The summed E-state index contributed by atoms with van der Waals surface area (Å²) >= 11 is 0. The average molecular weight is 261 g/mol. The molecule has 1 saturated heterocycles. The summed E-state index contributed by atoms with van der Waals surface area (Å²) in [5, 5.41) is 0. The van der Waals surface area contributed by atoms with Crippen LogP contribution in [0.2, 0.25) is 0 Å². The van der Waals surface area contributed by atoms with E-state index in [1.165, 1.54) is 0 Å². The number of pyridine rings is 1. The van der Waals surface area contributed by atoms with Gasteiger partial charge in [-0.3, -0.25) is 9.69 Å². The van der Waals surface area contributed by atoms with Crippen molar-refractivity contribution in [2.24, 2.45) is 5.73 Å². The Labute approximate surface area is 114 Å². The average Bonchev–Trinajstić information content (AvgIpc) is 2.32. The molecule has 1 aliphatic heterocycles. The highest BCUT2D eigenvalue weighted by atomic mass is 16.1. The van der Waals surface area contributed by atoms with E-state index in [-0.39, 0.29) is 11.2 Å². The highest BCUT2D eigenvalue weighted by molar-refractivity contribution is 5.90. The molecule has 0 aromatic carbocycles. The van der Waals surface area contributed by atoms with Gasteiger partial charge in [-0.15, -0.1) is 0 Å². The SMILES string of the molecule is CN1CCN(Cc2cc[c]c(C(N)=O)n2)C(C)(C)C1. The molecule has 1 aromatic rings. The van der Waals surface area contributed by atoms with Crippen molar-refractivity contribution in [3.63, 3.8) is 0 Å². The van der Waals surface area contributed by atoms with Gasteiger partial charge >= 0.3 is 0 Å². The Bertz CT molecular complexity index is 472. The number of nitrogens with two attached hydrogens (primary N) is 1. The molecular weight excluding hydrogens is 240 g/mol. The van der Waals surface area contributed by atoms with Gasteiger partial charge in [0.05, 0.1) is 5.69 Å². The molecule has 5 heteroatoms. The predicted molar refractivity (Wildman–Crippen MR) is 73.6 cm³/mol.